The Morgan fingerprint density at radius 2 is 2.27 bits per heavy atom. The molecular weight excluding hydrogens is 258 g/mol. The lowest BCUT2D eigenvalue weighted by Gasteiger charge is -2.33. The van der Waals surface area contributed by atoms with E-state index in [0.29, 0.717) is 6.54 Å². The molecule has 4 nitrogen and oxygen atoms in total. The molecule has 0 bridgehead atoms. The highest BCUT2D eigenvalue weighted by molar-refractivity contribution is 9.10. The van der Waals surface area contributed by atoms with Crippen molar-refractivity contribution in [3.63, 3.8) is 0 Å². The van der Waals surface area contributed by atoms with Crippen molar-refractivity contribution in [2.45, 2.75) is 0 Å². The molecule has 5 heteroatoms. The number of anilines is 1. The van der Waals surface area contributed by atoms with Crippen LogP contribution in [0.2, 0.25) is 0 Å². The third-order valence-electron chi connectivity index (χ3n) is 2.50. The molecule has 1 amide bonds. The van der Waals surface area contributed by atoms with Crippen molar-refractivity contribution in [3.05, 3.63) is 22.8 Å². The van der Waals surface area contributed by atoms with Crippen LogP contribution in [0.5, 0.6) is 0 Å². The van der Waals surface area contributed by atoms with Gasteiger partial charge in [-0.1, -0.05) is 0 Å². The zero-order chi connectivity index (χ0) is 10.8. The lowest BCUT2D eigenvalue weighted by Crippen LogP contribution is -2.48. The maximum absolute atomic E-state index is 11.5. The molecule has 1 aliphatic heterocycles. The van der Waals surface area contributed by atoms with E-state index < -0.39 is 0 Å². The number of halogens is 1. The Hall–Kier alpha value is -1.10. The summed E-state index contributed by atoms with van der Waals surface area (Å²) in [5.41, 5.74) is 0. The predicted molar refractivity (Wildman–Crippen MR) is 61.8 cm³/mol. The first-order chi connectivity index (χ1) is 7.18. The monoisotopic (exact) mass is 269 g/mol. The van der Waals surface area contributed by atoms with Crippen LogP contribution >= 0.6 is 15.9 Å². The third-order valence-corrected chi connectivity index (χ3v) is 3.11. The van der Waals surface area contributed by atoms with Crippen LogP contribution in [-0.2, 0) is 4.79 Å². The number of rotatable bonds is 1. The van der Waals surface area contributed by atoms with Crippen LogP contribution in [0.25, 0.3) is 0 Å². The lowest BCUT2D eigenvalue weighted by atomic mass is 10.3. The fourth-order valence-corrected chi connectivity index (χ4v) is 2.06. The first-order valence-corrected chi connectivity index (χ1v) is 5.57. The zero-order valence-electron chi connectivity index (χ0n) is 8.48. The van der Waals surface area contributed by atoms with Gasteiger partial charge in [0.15, 0.2) is 0 Å². The fourth-order valence-electron chi connectivity index (χ4n) is 1.55. The minimum atomic E-state index is 0.138. The van der Waals surface area contributed by atoms with Crippen LogP contribution in [0.3, 0.4) is 0 Å². The summed E-state index contributed by atoms with van der Waals surface area (Å²) < 4.78 is 0.933. The molecule has 1 fully saturated rings. The van der Waals surface area contributed by atoms with Crippen molar-refractivity contribution in [3.8, 4) is 0 Å². The van der Waals surface area contributed by atoms with Gasteiger partial charge in [-0.2, -0.15) is 0 Å². The molecule has 15 heavy (non-hydrogen) atoms. The molecule has 0 atom stereocenters. The fraction of sp³-hybridized carbons (Fsp3) is 0.400. The van der Waals surface area contributed by atoms with E-state index in [1.54, 1.807) is 11.1 Å². The van der Waals surface area contributed by atoms with Crippen LogP contribution in [0.1, 0.15) is 0 Å². The van der Waals surface area contributed by atoms with E-state index in [1.165, 1.54) is 0 Å². The summed E-state index contributed by atoms with van der Waals surface area (Å²) in [6.45, 7) is 1.99. The van der Waals surface area contributed by atoms with Gasteiger partial charge in [0.05, 0.1) is 11.0 Å². The Morgan fingerprint density at radius 1 is 1.47 bits per heavy atom. The van der Waals surface area contributed by atoms with E-state index in [0.717, 1.165) is 23.4 Å². The number of piperazine rings is 1. The number of carbonyl (C=O) groups is 1. The Labute approximate surface area is 97.0 Å². The van der Waals surface area contributed by atoms with E-state index in [-0.39, 0.29) is 5.91 Å². The molecule has 0 aliphatic carbocycles. The predicted octanol–water partition coefficient (Wildman–Crippen LogP) is 1.12. The van der Waals surface area contributed by atoms with Crippen molar-refractivity contribution in [2.75, 3.05) is 31.6 Å². The number of hydrogen-bond donors (Lipinski definition) is 0. The summed E-state index contributed by atoms with van der Waals surface area (Å²) >= 11 is 3.44. The Bertz CT molecular complexity index is 383. The summed E-state index contributed by atoms with van der Waals surface area (Å²) in [4.78, 5) is 19.5. The minimum absolute atomic E-state index is 0.138. The largest absolute Gasteiger partial charge is 0.345 e. The summed E-state index contributed by atoms with van der Waals surface area (Å²) in [6, 6.07) is 3.80. The van der Waals surface area contributed by atoms with Crippen molar-refractivity contribution < 1.29 is 4.79 Å². The minimum Gasteiger partial charge on any atom is -0.345 e. The second kappa shape index (κ2) is 4.18. The molecule has 1 aliphatic rings. The van der Waals surface area contributed by atoms with Crippen LogP contribution in [0.4, 0.5) is 5.82 Å². The third kappa shape index (κ3) is 2.12. The smallest absolute Gasteiger partial charge is 0.241 e. The van der Waals surface area contributed by atoms with E-state index in [9.17, 15) is 4.79 Å². The van der Waals surface area contributed by atoms with E-state index in [4.69, 9.17) is 0 Å². The Kier molecular flexibility index (Phi) is 2.90. The number of amides is 1. The van der Waals surface area contributed by atoms with Gasteiger partial charge in [-0.25, -0.2) is 4.98 Å². The second-order valence-electron chi connectivity index (χ2n) is 3.55. The van der Waals surface area contributed by atoms with Crippen LogP contribution in [0, 0.1) is 0 Å². The molecule has 0 spiro atoms. The molecule has 1 saturated heterocycles. The van der Waals surface area contributed by atoms with Crippen molar-refractivity contribution in [1.29, 1.82) is 0 Å². The number of pyridine rings is 1. The van der Waals surface area contributed by atoms with E-state index >= 15 is 0 Å². The molecule has 2 rings (SSSR count). The van der Waals surface area contributed by atoms with Gasteiger partial charge in [0.25, 0.3) is 0 Å². The maximum Gasteiger partial charge on any atom is 0.241 e. The Morgan fingerprint density at radius 3 is 2.93 bits per heavy atom. The first-order valence-electron chi connectivity index (χ1n) is 4.78. The lowest BCUT2D eigenvalue weighted by molar-refractivity contribution is -0.129. The highest BCUT2D eigenvalue weighted by Crippen LogP contribution is 2.23. The van der Waals surface area contributed by atoms with Gasteiger partial charge < -0.3 is 9.80 Å². The average Bonchev–Trinajstić information content (AvgIpc) is 2.23. The topological polar surface area (TPSA) is 36.4 Å². The summed E-state index contributed by atoms with van der Waals surface area (Å²) in [6.07, 6.45) is 1.74. The van der Waals surface area contributed by atoms with Gasteiger partial charge in [-0.15, -0.1) is 0 Å². The van der Waals surface area contributed by atoms with Crippen LogP contribution in [0.15, 0.2) is 22.8 Å². The molecule has 0 saturated carbocycles. The van der Waals surface area contributed by atoms with Gasteiger partial charge in [0.2, 0.25) is 5.91 Å². The Balaban J connectivity index is 2.19. The van der Waals surface area contributed by atoms with Gasteiger partial charge in [0, 0.05) is 26.3 Å². The first kappa shape index (κ1) is 10.4. The van der Waals surface area contributed by atoms with Gasteiger partial charge in [-0.05, 0) is 28.1 Å². The average molecular weight is 270 g/mol. The highest BCUT2D eigenvalue weighted by atomic mass is 79.9. The van der Waals surface area contributed by atoms with Crippen molar-refractivity contribution in [2.24, 2.45) is 0 Å². The highest BCUT2D eigenvalue weighted by Gasteiger charge is 2.22. The molecule has 1 aromatic rings. The number of likely N-dealkylation sites (N-methyl/N-ethyl adjacent to an activating group) is 1. The molecule has 1 aromatic heterocycles. The quantitative estimate of drug-likeness (QED) is 0.767. The molecule has 0 aromatic carbocycles. The van der Waals surface area contributed by atoms with Gasteiger partial charge in [-0.3, -0.25) is 4.79 Å². The van der Waals surface area contributed by atoms with Crippen LogP contribution in [-0.4, -0.2) is 42.5 Å². The zero-order valence-corrected chi connectivity index (χ0v) is 10.1. The van der Waals surface area contributed by atoms with E-state index in [1.807, 2.05) is 24.1 Å². The summed E-state index contributed by atoms with van der Waals surface area (Å²) in [7, 11) is 1.83. The molecule has 0 unspecified atom stereocenters. The number of nitrogens with zero attached hydrogens (tertiary/aromatic N) is 3. The maximum atomic E-state index is 11.5. The molecule has 2 heterocycles. The van der Waals surface area contributed by atoms with Gasteiger partial charge >= 0.3 is 0 Å². The van der Waals surface area contributed by atoms with E-state index in [2.05, 4.69) is 20.9 Å². The van der Waals surface area contributed by atoms with Crippen molar-refractivity contribution >= 4 is 27.7 Å². The normalized spacial score (nSPS) is 17.1. The summed E-state index contributed by atoms with van der Waals surface area (Å²) in [5.74, 6) is 0.984. The number of aromatic nitrogens is 1. The standard InChI is InChI=1S/C10H12BrN3O/c1-13-5-6-14(7-9(13)15)10-8(11)3-2-4-12-10/h2-4H,5-7H2,1H3. The van der Waals surface area contributed by atoms with Crippen molar-refractivity contribution in [1.82, 2.24) is 9.88 Å². The van der Waals surface area contributed by atoms with Gasteiger partial charge in [0.1, 0.15) is 5.82 Å². The SMILES string of the molecule is CN1CCN(c2ncccc2Br)CC1=O. The summed E-state index contributed by atoms with van der Waals surface area (Å²) in [5, 5.41) is 0. The molecule has 0 N–H and O–H groups in total. The molecule has 0 radical (unpaired) electrons. The second-order valence-corrected chi connectivity index (χ2v) is 4.40. The van der Waals surface area contributed by atoms with Crippen LogP contribution < -0.4 is 4.90 Å². The number of hydrogen-bond acceptors (Lipinski definition) is 3. The molecular formula is C10H12BrN3O. The number of carbonyl (C=O) groups excluding carboxylic acids is 1. The molecule has 80 valence electrons.